The molecule has 0 aliphatic rings. The third-order valence-corrected chi connectivity index (χ3v) is 3.19. The molecule has 0 fully saturated rings. The van der Waals surface area contributed by atoms with Crippen LogP contribution >= 0.6 is 11.6 Å². The molecule has 1 aromatic rings. The molecule has 0 saturated heterocycles. The number of aliphatic hydroxyl groups excluding tert-OH is 1. The topological polar surface area (TPSA) is 20.2 Å². The summed E-state index contributed by atoms with van der Waals surface area (Å²) in [4.78, 5) is 0. The molecule has 0 amide bonds. The first-order chi connectivity index (χ1) is 7.11. The van der Waals surface area contributed by atoms with Gasteiger partial charge in [-0.3, -0.25) is 0 Å². The van der Waals surface area contributed by atoms with Crippen LogP contribution in [-0.4, -0.2) is 5.11 Å². The smallest absolute Gasteiger partial charge is 0.142 e. The van der Waals surface area contributed by atoms with Gasteiger partial charge in [0.1, 0.15) is 5.82 Å². The number of benzene rings is 1. The maximum atomic E-state index is 13.2. The van der Waals surface area contributed by atoms with E-state index in [9.17, 15) is 9.50 Å². The Kier molecular flexibility index (Phi) is 4.55. The molecular weight excluding hydrogens is 215 g/mol. The maximum absolute atomic E-state index is 13.2. The van der Waals surface area contributed by atoms with Gasteiger partial charge in [-0.05, 0) is 12.0 Å². The Labute approximate surface area is 94.9 Å². The van der Waals surface area contributed by atoms with Crippen LogP contribution in [0.1, 0.15) is 38.4 Å². The largest absolute Gasteiger partial charge is 0.388 e. The molecule has 0 radical (unpaired) electrons. The fourth-order valence-corrected chi connectivity index (χ4v) is 1.98. The summed E-state index contributed by atoms with van der Waals surface area (Å²) in [5.41, 5.74) is 0.491. The summed E-state index contributed by atoms with van der Waals surface area (Å²) in [6.45, 7) is 4.01. The monoisotopic (exact) mass is 230 g/mol. The lowest BCUT2D eigenvalue weighted by atomic mass is 9.91. The van der Waals surface area contributed by atoms with E-state index in [-0.39, 0.29) is 10.9 Å². The highest BCUT2D eigenvalue weighted by molar-refractivity contribution is 6.31. The van der Waals surface area contributed by atoms with Gasteiger partial charge in [-0.15, -0.1) is 0 Å². The van der Waals surface area contributed by atoms with Crippen LogP contribution in [0.5, 0.6) is 0 Å². The molecule has 0 aliphatic carbocycles. The average molecular weight is 231 g/mol. The van der Waals surface area contributed by atoms with Crippen LogP contribution in [0.15, 0.2) is 18.2 Å². The molecule has 0 bridgehead atoms. The van der Waals surface area contributed by atoms with Gasteiger partial charge < -0.3 is 5.11 Å². The van der Waals surface area contributed by atoms with E-state index in [1.54, 1.807) is 12.1 Å². The molecule has 1 aromatic carbocycles. The summed E-state index contributed by atoms with van der Waals surface area (Å²) in [5, 5.41) is 10.1. The van der Waals surface area contributed by atoms with E-state index >= 15 is 0 Å². The lowest BCUT2D eigenvalue weighted by Gasteiger charge is -2.21. The van der Waals surface area contributed by atoms with E-state index < -0.39 is 11.9 Å². The Morgan fingerprint density at radius 1 is 1.33 bits per heavy atom. The predicted octanol–water partition coefficient (Wildman–Crippen LogP) is 3.95. The second-order valence-electron chi connectivity index (χ2n) is 3.66. The van der Waals surface area contributed by atoms with Crippen molar-refractivity contribution in [3.05, 3.63) is 34.6 Å². The van der Waals surface area contributed by atoms with Gasteiger partial charge in [0.05, 0.1) is 11.1 Å². The fraction of sp³-hybridized carbons (Fsp3) is 0.500. The Morgan fingerprint density at radius 3 is 2.47 bits per heavy atom. The van der Waals surface area contributed by atoms with Gasteiger partial charge in [-0.25, -0.2) is 4.39 Å². The van der Waals surface area contributed by atoms with Gasteiger partial charge in [-0.2, -0.15) is 0 Å². The summed E-state index contributed by atoms with van der Waals surface area (Å²) in [6, 6.07) is 4.54. The summed E-state index contributed by atoms with van der Waals surface area (Å²) in [7, 11) is 0. The van der Waals surface area contributed by atoms with Gasteiger partial charge in [-0.1, -0.05) is 50.4 Å². The molecule has 84 valence electrons. The molecule has 1 unspecified atom stereocenters. The van der Waals surface area contributed by atoms with Crippen molar-refractivity contribution >= 4 is 11.6 Å². The summed E-state index contributed by atoms with van der Waals surface area (Å²) < 4.78 is 13.2. The molecular formula is C12H16ClFO. The first-order valence-electron chi connectivity index (χ1n) is 5.23. The molecule has 0 saturated carbocycles. The summed E-state index contributed by atoms with van der Waals surface area (Å²) >= 11 is 5.81. The van der Waals surface area contributed by atoms with Crippen molar-refractivity contribution in [2.45, 2.75) is 32.8 Å². The van der Waals surface area contributed by atoms with Crippen LogP contribution in [0.2, 0.25) is 5.02 Å². The summed E-state index contributed by atoms with van der Waals surface area (Å²) in [6.07, 6.45) is 1.03. The van der Waals surface area contributed by atoms with E-state index in [4.69, 9.17) is 11.6 Å². The second kappa shape index (κ2) is 5.47. The minimum atomic E-state index is -0.678. The Bertz CT molecular complexity index is 323. The van der Waals surface area contributed by atoms with E-state index in [0.717, 1.165) is 12.8 Å². The van der Waals surface area contributed by atoms with E-state index in [1.807, 2.05) is 13.8 Å². The van der Waals surface area contributed by atoms with Crippen molar-refractivity contribution in [3.8, 4) is 0 Å². The normalized spacial score (nSPS) is 13.2. The zero-order valence-corrected chi connectivity index (χ0v) is 9.76. The first-order valence-corrected chi connectivity index (χ1v) is 5.61. The van der Waals surface area contributed by atoms with Gasteiger partial charge in [0.15, 0.2) is 0 Å². The van der Waals surface area contributed by atoms with Crippen LogP contribution in [0, 0.1) is 11.7 Å². The predicted molar refractivity (Wildman–Crippen MR) is 60.4 cm³/mol. The van der Waals surface area contributed by atoms with Crippen LogP contribution in [0.3, 0.4) is 0 Å². The number of hydrogen-bond donors (Lipinski definition) is 1. The lowest BCUT2D eigenvalue weighted by molar-refractivity contribution is 0.103. The average Bonchev–Trinajstić information content (AvgIpc) is 2.23. The maximum Gasteiger partial charge on any atom is 0.142 e. The molecule has 0 aromatic heterocycles. The van der Waals surface area contributed by atoms with Gasteiger partial charge >= 0.3 is 0 Å². The van der Waals surface area contributed by atoms with Gasteiger partial charge in [0.2, 0.25) is 0 Å². The molecule has 1 N–H and O–H groups in total. The first kappa shape index (κ1) is 12.5. The highest BCUT2D eigenvalue weighted by Crippen LogP contribution is 2.32. The highest BCUT2D eigenvalue weighted by Gasteiger charge is 2.21. The van der Waals surface area contributed by atoms with E-state index in [0.29, 0.717) is 5.56 Å². The Hall–Kier alpha value is -0.600. The third kappa shape index (κ3) is 2.70. The van der Waals surface area contributed by atoms with Crippen molar-refractivity contribution < 1.29 is 9.50 Å². The van der Waals surface area contributed by atoms with Crippen molar-refractivity contribution in [2.75, 3.05) is 0 Å². The molecule has 1 rings (SSSR count). The molecule has 15 heavy (non-hydrogen) atoms. The quantitative estimate of drug-likeness (QED) is 0.831. The number of halogens is 2. The minimum Gasteiger partial charge on any atom is -0.388 e. The van der Waals surface area contributed by atoms with Gasteiger partial charge in [0.25, 0.3) is 0 Å². The molecule has 0 heterocycles. The van der Waals surface area contributed by atoms with E-state index in [1.165, 1.54) is 6.07 Å². The Morgan fingerprint density at radius 2 is 1.93 bits per heavy atom. The lowest BCUT2D eigenvalue weighted by Crippen LogP contribution is -2.11. The van der Waals surface area contributed by atoms with Crippen LogP contribution in [-0.2, 0) is 0 Å². The molecule has 0 aliphatic heterocycles. The zero-order chi connectivity index (χ0) is 11.4. The summed E-state index contributed by atoms with van der Waals surface area (Å²) in [5.74, 6) is -0.344. The second-order valence-corrected chi connectivity index (χ2v) is 4.04. The minimum absolute atomic E-state index is 0.0388. The van der Waals surface area contributed by atoms with Gasteiger partial charge in [0, 0.05) is 5.56 Å². The Balaban J connectivity index is 2.99. The van der Waals surface area contributed by atoms with Crippen LogP contribution in [0.4, 0.5) is 4.39 Å². The fourth-order valence-electron chi connectivity index (χ4n) is 1.74. The SMILES string of the molecule is CCC(CC)C(O)c1cccc(F)c1Cl. The van der Waals surface area contributed by atoms with Crippen molar-refractivity contribution in [2.24, 2.45) is 5.92 Å². The standard InChI is InChI=1S/C12H16ClFO/c1-3-8(4-2)12(15)9-6-5-7-10(14)11(9)13/h5-8,12,15H,3-4H2,1-2H3. The number of rotatable bonds is 4. The van der Waals surface area contributed by atoms with Crippen molar-refractivity contribution in [3.63, 3.8) is 0 Å². The van der Waals surface area contributed by atoms with Crippen LogP contribution in [0.25, 0.3) is 0 Å². The highest BCUT2D eigenvalue weighted by atomic mass is 35.5. The number of aliphatic hydroxyl groups is 1. The van der Waals surface area contributed by atoms with Crippen LogP contribution < -0.4 is 0 Å². The van der Waals surface area contributed by atoms with E-state index in [2.05, 4.69) is 0 Å². The molecule has 3 heteroatoms. The third-order valence-electron chi connectivity index (χ3n) is 2.80. The molecule has 0 spiro atoms. The van der Waals surface area contributed by atoms with Crippen molar-refractivity contribution in [1.82, 2.24) is 0 Å². The molecule has 1 nitrogen and oxygen atoms in total. The molecule has 1 atom stereocenters. The zero-order valence-electron chi connectivity index (χ0n) is 9.00. The number of hydrogen-bond acceptors (Lipinski definition) is 1. The van der Waals surface area contributed by atoms with Crippen molar-refractivity contribution in [1.29, 1.82) is 0 Å².